The summed E-state index contributed by atoms with van der Waals surface area (Å²) in [4.78, 5) is 26.6. The molecule has 2 aromatic rings. The first kappa shape index (κ1) is 19.3. The maximum atomic E-state index is 12.6. The minimum atomic E-state index is -0.597. The van der Waals surface area contributed by atoms with E-state index in [1.165, 1.54) is 6.26 Å². The summed E-state index contributed by atoms with van der Waals surface area (Å²) in [6.45, 7) is 4.71. The molecule has 2 amide bonds. The number of piperidine rings is 1. The van der Waals surface area contributed by atoms with Crippen LogP contribution in [-0.4, -0.2) is 41.9 Å². The average Bonchev–Trinajstić information content (AvgIpc) is 3.08. The van der Waals surface area contributed by atoms with Gasteiger partial charge in [0.1, 0.15) is 5.75 Å². The standard InChI is InChI=1S/C20H23ClN2O4/c1-13-8-11-26-18(13)19(24)22-16-6-9-23(10-7-16)20(25)14(2)27-17-5-3-4-15(21)12-17/h3-5,8,11-12,14,16H,6-7,9-10H2,1-2H3,(H,22,24). The summed E-state index contributed by atoms with van der Waals surface area (Å²) in [6, 6.07) is 8.78. The zero-order valence-corrected chi connectivity index (χ0v) is 16.2. The molecule has 0 bridgehead atoms. The second-order valence-corrected chi connectivity index (χ2v) is 7.16. The number of likely N-dealkylation sites (tertiary alicyclic amines) is 1. The molecule has 1 aliphatic heterocycles. The van der Waals surface area contributed by atoms with Gasteiger partial charge in [-0.25, -0.2) is 0 Å². The van der Waals surface area contributed by atoms with E-state index in [2.05, 4.69) is 5.32 Å². The van der Waals surface area contributed by atoms with Gasteiger partial charge in [-0.2, -0.15) is 0 Å². The summed E-state index contributed by atoms with van der Waals surface area (Å²) in [5.74, 6) is 0.637. The van der Waals surface area contributed by atoms with Crippen LogP contribution in [0.3, 0.4) is 0 Å². The number of carbonyl (C=O) groups is 2. The highest BCUT2D eigenvalue weighted by atomic mass is 35.5. The van der Waals surface area contributed by atoms with E-state index in [1.54, 1.807) is 42.2 Å². The molecule has 1 saturated heterocycles. The fourth-order valence-electron chi connectivity index (χ4n) is 3.15. The number of hydrogen-bond acceptors (Lipinski definition) is 4. The third-order valence-electron chi connectivity index (χ3n) is 4.67. The van der Waals surface area contributed by atoms with E-state index in [9.17, 15) is 9.59 Å². The second kappa shape index (κ2) is 8.48. The minimum absolute atomic E-state index is 0.0233. The Morgan fingerprint density at radius 1 is 1.30 bits per heavy atom. The Morgan fingerprint density at radius 2 is 2.04 bits per heavy atom. The van der Waals surface area contributed by atoms with Crippen molar-refractivity contribution in [2.24, 2.45) is 0 Å². The Kier molecular flexibility index (Phi) is 6.06. The van der Waals surface area contributed by atoms with Crippen LogP contribution in [0.4, 0.5) is 0 Å². The second-order valence-electron chi connectivity index (χ2n) is 6.72. The number of halogens is 1. The highest BCUT2D eigenvalue weighted by molar-refractivity contribution is 6.30. The van der Waals surface area contributed by atoms with Crippen molar-refractivity contribution in [2.75, 3.05) is 13.1 Å². The summed E-state index contributed by atoms with van der Waals surface area (Å²) in [5.41, 5.74) is 0.812. The first-order chi connectivity index (χ1) is 12.9. The summed E-state index contributed by atoms with van der Waals surface area (Å²) in [7, 11) is 0. The zero-order valence-electron chi connectivity index (χ0n) is 15.4. The van der Waals surface area contributed by atoms with Crippen molar-refractivity contribution in [3.05, 3.63) is 52.9 Å². The SMILES string of the molecule is Cc1ccoc1C(=O)NC1CCN(C(=O)C(C)Oc2cccc(Cl)c2)CC1. The van der Waals surface area contributed by atoms with Gasteiger partial charge in [0.25, 0.3) is 11.8 Å². The van der Waals surface area contributed by atoms with E-state index >= 15 is 0 Å². The number of benzene rings is 1. The lowest BCUT2D eigenvalue weighted by Gasteiger charge is -2.33. The van der Waals surface area contributed by atoms with Crippen LogP contribution in [-0.2, 0) is 4.79 Å². The van der Waals surface area contributed by atoms with E-state index in [0.717, 1.165) is 5.56 Å². The number of aryl methyl sites for hydroxylation is 1. The summed E-state index contributed by atoms with van der Waals surface area (Å²) in [5, 5.41) is 3.55. The number of amides is 2. The Bertz CT molecular complexity index is 812. The maximum Gasteiger partial charge on any atom is 0.287 e. The highest BCUT2D eigenvalue weighted by Gasteiger charge is 2.28. The molecule has 144 valence electrons. The fraction of sp³-hybridized carbons (Fsp3) is 0.400. The predicted molar refractivity (Wildman–Crippen MR) is 102 cm³/mol. The van der Waals surface area contributed by atoms with Crippen molar-refractivity contribution in [2.45, 2.75) is 38.8 Å². The molecule has 27 heavy (non-hydrogen) atoms. The van der Waals surface area contributed by atoms with Gasteiger partial charge in [0.2, 0.25) is 0 Å². The summed E-state index contributed by atoms with van der Waals surface area (Å²) < 4.78 is 10.9. The van der Waals surface area contributed by atoms with E-state index < -0.39 is 6.10 Å². The van der Waals surface area contributed by atoms with Crippen molar-refractivity contribution in [3.8, 4) is 5.75 Å². The number of carbonyl (C=O) groups excluding carboxylic acids is 2. The molecule has 1 aromatic heterocycles. The summed E-state index contributed by atoms with van der Waals surface area (Å²) >= 11 is 5.94. The average molecular weight is 391 g/mol. The van der Waals surface area contributed by atoms with Gasteiger partial charge in [-0.3, -0.25) is 9.59 Å². The fourth-order valence-corrected chi connectivity index (χ4v) is 3.33. The van der Waals surface area contributed by atoms with Crippen LogP contribution in [0, 0.1) is 6.92 Å². The minimum Gasteiger partial charge on any atom is -0.481 e. The monoisotopic (exact) mass is 390 g/mol. The van der Waals surface area contributed by atoms with Gasteiger partial charge in [0, 0.05) is 29.7 Å². The third-order valence-corrected chi connectivity index (χ3v) is 4.90. The Hall–Kier alpha value is -2.47. The van der Waals surface area contributed by atoms with E-state index in [0.29, 0.717) is 42.5 Å². The molecule has 0 saturated carbocycles. The quantitative estimate of drug-likeness (QED) is 0.848. The number of hydrogen-bond donors (Lipinski definition) is 1. The first-order valence-electron chi connectivity index (χ1n) is 9.00. The number of nitrogens with zero attached hydrogens (tertiary/aromatic N) is 1. The molecule has 3 rings (SSSR count). The highest BCUT2D eigenvalue weighted by Crippen LogP contribution is 2.20. The molecule has 1 aliphatic rings. The molecule has 2 heterocycles. The molecule has 1 N–H and O–H groups in total. The number of rotatable bonds is 5. The predicted octanol–water partition coefficient (Wildman–Crippen LogP) is 3.43. The molecule has 7 heteroatoms. The maximum absolute atomic E-state index is 12.6. The molecule has 0 spiro atoms. The lowest BCUT2D eigenvalue weighted by Crippen LogP contribution is -2.49. The molecule has 0 aliphatic carbocycles. The molecular weight excluding hydrogens is 368 g/mol. The molecule has 1 aromatic carbocycles. The van der Waals surface area contributed by atoms with E-state index in [-0.39, 0.29) is 17.9 Å². The van der Waals surface area contributed by atoms with Gasteiger partial charge in [-0.15, -0.1) is 0 Å². The molecule has 1 atom stereocenters. The van der Waals surface area contributed by atoms with E-state index in [1.807, 2.05) is 6.92 Å². The lowest BCUT2D eigenvalue weighted by atomic mass is 10.0. The van der Waals surface area contributed by atoms with Crippen LogP contribution in [0.25, 0.3) is 0 Å². The van der Waals surface area contributed by atoms with Gasteiger partial charge in [0.15, 0.2) is 11.9 Å². The smallest absolute Gasteiger partial charge is 0.287 e. The summed E-state index contributed by atoms with van der Waals surface area (Å²) in [6.07, 6.45) is 2.30. The molecular formula is C20H23ClN2O4. The molecule has 0 radical (unpaired) electrons. The zero-order chi connectivity index (χ0) is 19.4. The van der Waals surface area contributed by atoms with Crippen LogP contribution in [0.15, 0.2) is 41.0 Å². The Morgan fingerprint density at radius 3 is 2.67 bits per heavy atom. The normalized spacial score (nSPS) is 16.0. The number of ether oxygens (including phenoxy) is 1. The Labute approximate surface area is 163 Å². The van der Waals surface area contributed by atoms with Gasteiger partial charge in [-0.05, 0) is 51.0 Å². The van der Waals surface area contributed by atoms with Crippen LogP contribution in [0.1, 0.15) is 35.9 Å². The topological polar surface area (TPSA) is 71.8 Å². The Balaban J connectivity index is 1.48. The van der Waals surface area contributed by atoms with Crippen LogP contribution >= 0.6 is 11.6 Å². The first-order valence-corrected chi connectivity index (χ1v) is 9.38. The molecule has 6 nitrogen and oxygen atoms in total. The van der Waals surface area contributed by atoms with Crippen LogP contribution in [0.2, 0.25) is 5.02 Å². The van der Waals surface area contributed by atoms with Crippen LogP contribution in [0.5, 0.6) is 5.75 Å². The van der Waals surface area contributed by atoms with Crippen molar-refractivity contribution in [3.63, 3.8) is 0 Å². The van der Waals surface area contributed by atoms with Gasteiger partial charge in [0.05, 0.1) is 6.26 Å². The molecule has 1 unspecified atom stereocenters. The molecule has 1 fully saturated rings. The largest absolute Gasteiger partial charge is 0.481 e. The van der Waals surface area contributed by atoms with Crippen molar-refractivity contribution >= 4 is 23.4 Å². The number of furan rings is 1. The lowest BCUT2D eigenvalue weighted by molar-refractivity contribution is -0.139. The van der Waals surface area contributed by atoms with E-state index in [4.69, 9.17) is 20.8 Å². The van der Waals surface area contributed by atoms with Crippen molar-refractivity contribution < 1.29 is 18.7 Å². The van der Waals surface area contributed by atoms with Gasteiger partial charge >= 0.3 is 0 Å². The van der Waals surface area contributed by atoms with Crippen molar-refractivity contribution in [1.82, 2.24) is 10.2 Å². The van der Waals surface area contributed by atoms with Crippen molar-refractivity contribution in [1.29, 1.82) is 0 Å². The van der Waals surface area contributed by atoms with Crippen LogP contribution < -0.4 is 10.1 Å². The number of nitrogens with one attached hydrogen (secondary N) is 1. The third kappa shape index (κ3) is 4.83. The van der Waals surface area contributed by atoms with Gasteiger partial charge in [-0.1, -0.05) is 17.7 Å². The van der Waals surface area contributed by atoms with Gasteiger partial charge < -0.3 is 19.4 Å².